The second kappa shape index (κ2) is 13.7. The van der Waals surface area contributed by atoms with E-state index in [4.69, 9.17) is 15.2 Å². The van der Waals surface area contributed by atoms with Crippen LogP contribution in [0.5, 0.6) is 5.75 Å². The number of aliphatic hydroxyl groups is 1. The zero-order chi connectivity index (χ0) is 39.6. The first-order valence-corrected chi connectivity index (χ1v) is 16.8. The van der Waals surface area contributed by atoms with E-state index in [1.54, 1.807) is 60.5 Å². The van der Waals surface area contributed by atoms with Gasteiger partial charge in [0.1, 0.15) is 5.75 Å². The number of nitrogens with two attached hydrogens (primary N) is 1. The van der Waals surface area contributed by atoms with Crippen LogP contribution in [0.3, 0.4) is 0 Å². The number of hydrogen-bond donors (Lipinski definition) is 3. The molecule has 2 fully saturated rings. The highest BCUT2D eigenvalue weighted by atomic mass is 16.7. The summed E-state index contributed by atoms with van der Waals surface area (Å²) < 4.78 is 10.1. The van der Waals surface area contributed by atoms with Gasteiger partial charge in [0.15, 0.2) is 34.7 Å². The van der Waals surface area contributed by atoms with Gasteiger partial charge in [-0.25, -0.2) is 9.69 Å². The first-order valence-electron chi connectivity index (χ1n) is 16.8. The number of ether oxygens (including phenoxy) is 2. The SMILES string of the molecule is CN(C)c1cc(CN(C(=O)OCOC(=O)C(C)(C)C)C(=O)C(C)(C)C)c(O)c2c1C[C@H]1C[C@H]3[C@H](N(C)C)C(=O)C(C(N)=O)C(=O)[C@@]3(O)C(=O)C1C2=O. The Balaban J connectivity index is 1.80. The second-order valence-electron chi connectivity index (χ2n) is 16.3. The van der Waals surface area contributed by atoms with Gasteiger partial charge in [-0.05, 0) is 65.3 Å². The first kappa shape index (κ1) is 40.1. The van der Waals surface area contributed by atoms with E-state index in [1.165, 1.54) is 25.1 Å². The van der Waals surface area contributed by atoms with E-state index >= 15 is 0 Å². The summed E-state index contributed by atoms with van der Waals surface area (Å²) in [5.41, 5.74) is 0.836. The van der Waals surface area contributed by atoms with E-state index in [0.29, 0.717) is 16.2 Å². The number of benzene rings is 1. The summed E-state index contributed by atoms with van der Waals surface area (Å²) in [7, 11) is 6.33. The predicted octanol–water partition coefficient (Wildman–Crippen LogP) is 0.991. The number of amides is 3. The van der Waals surface area contributed by atoms with Gasteiger partial charge in [0.25, 0.3) is 0 Å². The van der Waals surface area contributed by atoms with Crippen molar-refractivity contribution in [1.82, 2.24) is 9.80 Å². The molecule has 0 aromatic heterocycles. The minimum Gasteiger partial charge on any atom is -0.507 e. The minimum atomic E-state index is -2.90. The molecule has 0 heterocycles. The maximum absolute atomic E-state index is 14.4. The number of carbonyl (C=O) groups excluding carboxylic acids is 8. The average molecular weight is 729 g/mol. The molecule has 4 rings (SSSR count). The molecular formula is C36H48N4O12. The van der Waals surface area contributed by atoms with Gasteiger partial charge < -0.3 is 30.3 Å². The minimum absolute atomic E-state index is 0.0129. The van der Waals surface area contributed by atoms with Crippen LogP contribution >= 0.6 is 0 Å². The van der Waals surface area contributed by atoms with Crippen molar-refractivity contribution in [2.75, 3.05) is 39.9 Å². The lowest BCUT2D eigenvalue weighted by Crippen LogP contribution is -2.74. The van der Waals surface area contributed by atoms with Crippen molar-refractivity contribution >= 4 is 52.7 Å². The molecule has 2 saturated carbocycles. The van der Waals surface area contributed by atoms with E-state index < -0.39 is 112 Å². The van der Waals surface area contributed by atoms with E-state index in [0.717, 1.165) is 0 Å². The molecule has 284 valence electrons. The van der Waals surface area contributed by atoms with Crippen LogP contribution in [0.25, 0.3) is 0 Å². The summed E-state index contributed by atoms with van der Waals surface area (Å²) >= 11 is 0. The third kappa shape index (κ3) is 6.69. The highest BCUT2D eigenvalue weighted by Gasteiger charge is 2.69. The van der Waals surface area contributed by atoms with Crippen molar-refractivity contribution < 1.29 is 58.0 Å². The Hall–Kier alpha value is -4.70. The Labute approximate surface area is 301 Å². The van der Waals surface area contributed by atoms with Gasteiger partial charge in [-0.15, -0.1) is 0 Å². The van der Waals surface area contributed by atoms with Crippen molar-refractivity contribution in [3.63, 3.8) is 0 Å². The van der Waals surface area contributed by atoms with Crippen LogP contribution in [-0.2, 0) is 51.2 Å². The number of imide groups is 1. The lowest BCUT2D eigenvalue weighted by atomic mass is 9.52. The largest absolute Gasteiger partial charge is 0.507 e. The third-order valence-corrected chi connectivity index (χ3v) is 10.0. The van der Waals surface area contributed by atoms with Crippen molar-refractivity contribution in [2.45, 2.75) is 72.6 Å². The molecule has 52 heavy (non-hydrogen) atoms. The van der Waals surface area contributed by atoms with E-state index in [-0.39, 0.29) is 24.0 Å². The smallest absolute Gasteiger partial charge is 0.419 e. The Kier molecular flexibility index (Phi) is 10.6. The number of primary amides is 1. The number of aromatic hydroxyl groups is 1. The molecule has 2 unspecified atom stereocenters. The summed E-state index contributed by atoms with van der Waals surface area (Å²) in [5.74, 6) is -13.6. The van der Waals surface area contributed by atoms with Gasteiger partial charge in [-0.3, -0.25) is 38.5 Å². The topological polar surface area (TPSA) is 231 Å². The Morgan fingerprint density at radius 3 is 2.04 bits per heavy atom. The fraction of sp³-hybridized carbons (Fsp3) is 0.611. The van der Waals surface area contributed by atoms with Crippen molar-refractivity contribution in [1.29, 1.82) is 0 Å². The van der Waals surface area contributed by atoms with E-state index in [1.807, 2.05) is 0 Å². The quantitative estimate of drug-likeness (QED) is 0.202. The van der Waals surface area contributed by atoms with Gasteiger partial charge >= 0.3 is 12.1 Å². The number of carbonyl (C=O) groups is 8. The number of esters is 1. The molecule has 3 amide bonds. The zero-order valence-electron chi connectivity index (χ0n) is 31.2. The van der Waals surface area contributed by atoms with Crippen LogP contribution in [0.1, 0.15) is 69.4 Å². The molecule has 6 atom stereocenters. The fourth-order valence-electron chi connectivity index (χ4n) is 7.45. The van der Waals surface area contributed by atoms with E-state index in [2.05, 4.69) is 0 Å². The predicted molar refractivity (Wildman–Crippen MR) is 183 cm³/mol. The molecule has 0 bridgehead atoms. The monoisotopic (exact) mass is 728 g/mol. The van der Waals surface area contributed by atoms with Crippen LogP contribution in [0.2, 0.25) is 0 Å². The highest BCUT2D eigenvalue weighted by Crippen LogP contribution is 2.52. The number of phenolic OH excluding ortho intramolecular Hbond substituents is 1. The molecule has 1 aromatic carbocycles. The summed E-state index contributed by atoms with van der Waals surface area (Å²) in [6, 6.07) is 0.251. The third-order valence-electron chi connectivity index (χ3n) is 10.0. The molecule has 1 aromatic rings. The molecule has 0 radical (unpaired) electrons. The number of Topliss-reactive ketones (excluding diaryl/α,β-unsaturated/α-hetero) is 4. The van der Waals surface area contributed by atoms with Gasteiger partial charge in [0, 0.05) is 36.7 Å². The Bertz CT molecular complexity index is 1750. The summed E-state index contributed by atoms with van der Waals surface area (Å²) in [6.07, 6.45) is -1.31. The summed E-state index contributed by atoms with van der Waals surface area (Å²) in [6.45, 7) is 8.05. The molecule has 3 aliphatic carbocycles. The zero-order valence-corrected chi connectivity index (χ0v) is 31.2. The maximum Gasteiger partial charge on any atom is 0.419 e. The van der Waals surface area contributed by atoms with Gasteiger partial charge in [-0.2, -0.15) is 0 Å². The first-order chi connectivity index (χ1) is 23.8. The second-order valence-corrected chi connectivity index (χ2v) is 16.3. The number of ketones is 4. The van der Waals surface area contributed by atoms with Crippen molar-refractivity contribution in [2.24, 2.45) is 40.2 Å². The fourth-order valence-corrected chi connectivity index (χ4v) is 7.45. The van der Waals surface area contributed by atoms with Gasteiger partial charge in [0.05, 0.1) is 29.5 Å². The van der Waals surface area contributed by atoms with Crippen LogP contribution < -0.4 is 10.6 Å². The molecule has 4 N–H and O–H groups in total. The van der Waals surface area contributed by atoms with Crippen LogP contribution in [-0.4, -0.2) is 114 Å². The number of rotatable bonds is 7. The molecule has 16 heteroatoms. The lowest BCUT2D eigenvalue weighted by Gasteiger charge is -2.52. The van der Waals surface area contributed by atoms with Gasteiger partial charge in [0.2, 0.25) is 18.6 Å². The number of phenols is 1. The highest BCUT2D eigenvalue weighted by molar-refractivity contribution is 6.32. The van der Waals surface area contributed by atoms with Crippen LogP contribution in [0.4, 0.5) is 10.5 Å². The molecule has 0 spiro atoms. The van der Waals surface area contributed by atoms with Crippen molar-refractivity contribution in [3.8, 4) is 5.75 Å². The van der Waals surface area contributed by atoms with E-state index in [9.17, 15) is 48.6 Å². The van der Waals surface area contributed by atoms with Crippen molar-refractivity contribution in [3.05, 3.63) is 22.8 Å². The Morgan fingerprint density at radius 1 is 0.942 bits per heavy atom. The molecule has 0 aliphatic heterocycles. The molecule has 16 nitrogen and oxygen atoms in total. The summed E-state index contributed by atoms with van der Waals surface area (Å²) in [4.78, 5) is 111. The average Bonchev–Trinajstić information content (AvgIpc) is 3.00. The normalized spacial score (nSPS) is 25.9. The molecule has 3 aliphatic rings. The summed E-state index contributed by atoms with van der Waals surface area (Å²) in [5, 5.41) is 23.6. The van der Waals surface area contributed by atoms with Crippen LogP contribution in [0, 0.1) is 34.5 Å². The number of hydrogen-bond acceptors (Lipinski definition) is 14. The lowest BCUT2D eigenvalue weighted by molar-refractivity contribution is -0.181. The number of anilines is 1. The molecular weight excluding hydrogens is 680 g/mol. The van der Waals surface area contributed by atoms with Crippen LogP contribution in [0.15, 0.2) is 6.07 Å². The molecule has 0 saturated heterocycles. The Morgan fingerprint density at radius 2 is 1.54 bits per heavy atom. The van der Waals surface area contributed by atoms with Gasteiger partial charge in [-0.1, -0.05) is 20.8 Å². The standard InChI is InChI=1S/C36H48N4O12/c1-34(2,3)31(47)40(33(49)52-15-51-32(48)35(4,5)6)14-17-13-20(38(7)8)18-11-16-12-19-24(39(9)10)27(43)23(30(37)46)29(45)36(19,50)28(44)21(16)26(42)22(18)25(17)41/h13,16,19,21,23-24,41,50H,11-12,14-15H2,1-10H3,(H2,37,46)/t16-,19-,21?,23?,24-,36-/m0/s1. The maximum atomic E-state index is 14.4. The number of nitrogens with zero attached hydrogens (tertiary/aromatic N) is 3. The number of likely N-dealkylation sites (N-methyl/N-ethyl adjacent to an activating group) is 1. The number of fused-ring (bicyclic) bond motifs is 3.